The van der Waals surface area contributed by atoms with Crippen LogP contribution in [0.5, 0.6) is 0 Å². The number of pyridine rings is 1. The quantitative estimate of drug-likeness (QED) is 0.289. The molecule has 0 N–H and O–H groups in total. The second-order valence-corrected chi connectivity index (χ2v) is 6.28. The van der Waals surface area contributed by atoms with Crippen molar-refractivity contribution in [3.05, 3.63) is 59.7 Å². The van der Waals surface area contributed by atoms with Crippen molar-refractivity contribution < 1.29 is 17.7 Å². The molecular formula is C25H36F3N7O. The molecule has 0 aliphatic heterocycles. The molecule has 11 heteroatoms. The fourth-order valence-corrected chi connectivity index (χ4v) is 2.25. The number of benzene rings is 1. The molecule has 0 unspecified atom stereocenters. The predicted molar refractivity (Wildman–Crippen MR) is 135 cm³/mol. The Morgan fingerprint density at radius 1 is 0.833 bits per heavy atom. The molecular weight excluding hydrogens is 471 g/mol. The third-order valence-electron chi connectivity index (χ3n) is 3.88. The maximum Gasteiger partial charge on any atom is 0.471 e. The lowest BCUT2D eigenvalue weighted by Crippen LogP contribution is -2.04. The van der Waals surface area contributed by atoms with Gasteiger partial charge in [-0.25, -0.2) is 0 Å². The highest BCUT2D eigenvalue weighted by atomic mass is 19.4. The summed E-state index contributed by atoms with van der Waals surface area (Å²) < 4.78 is 40.7. The first-order valence-corrected chi connectivity index (χ1v) is 11.9. The molecule has 198 valence electrons. The van der Waals surface area contributed by atoms with Crippen molar-refractivity contribution in [1.82, 2.24) is 35.3 Å². The van der Waals surface area contributed by atoms with Crippen molar-refractivity contribution >= 4 is 0 Å². The molecule has 0 atom stereocenters. The smallest absolute Gasteiger partial charge is 0.329 e. The van der Waals surface area contributed by atoms with E-state index in [1.54, 1.807) is 35.3 Å². The first-order valence-electron chi connectivity index (χ1n) is 11.9. The number of nitrogens with zero attached hydrogens (tertiary/aromatic N) is 7. The van der Waals surface area contributed by atoms with Gasteiger partial charge in [-0.3, -0.25) is 4.98 Å². The average Bonchev–Trinajstić information content (AvgIpc) is 3.60. The van der Waals surface area contributed by atoms with Crippen molar-refractivity contribution in [1.29, 1.82) is 0 Å². The fourth-order valence-electron chi connectivity index (χ4n) is 2.25. The van der Waals surface area contributed by atoms with Gasteiger partial charge in [-0.1, -0.05) is 76.5 Å². The zero-order chi connectivity index (χ0) is 27.7. The van der Waals surface area contributed by atoms with Crippen LogP contribution in [0, 0.1) is 13.8 Å². The Hall–Kier alpha value is -3.63. The Labute approximate surface area is 211 Å². The minimum atomic E-state index is -4.60. The topological polar surface area (TPSA) is 95.4 Å². The van der Waals surface area contributed by atoms with Crippen LogP contribution in [0.15, 0.2) is 47.1 Å². The molecule has 0 spiro atoms. The van der Waals surface area contributed by atoms with Crippen molar-refractivity contribution in [3.8, 4) is 22.8 Å². The summed E-state index contributed by atoms with van der Waals surface area (Å²) in [5.74, 6) is -0.769. The highest BCUT2D eigenvalue weighted by molar-refractivity contribution is 5.54. The van der Waals surface area contributed by atoms with Crippen molar-refractivity contribution in [3.63, 3.8) is 0 Å². The minimum Gasteiger partial charge on any atom is -0.329 e. The summed E-state index contributed by atoms with van der Waals surface area (Å²) in [7, 11) is 0. The van der Waals surface area contributed by atoms with E-state index in [-0.39, 0.29) is 5.82 Å². The Kier molecular flexibility index (Phi) is 15.2. The number of hydrogen-bond donors (Lipinski definition) is 0. The minimum absolute atomic E-state index is 0.0627. The van der Waals surface area contributed by atoms with E-state index in [0.717, 1.165) is 23.4 Å². The van der Waals surface area contributed by atoms with Crippen molar-refractivity contribution in [2.24, 2.45) is 0 Å². The van der Waals surface area contributed by atoms with Gasteiger partial charge in [-0.05, 0) is 38.1 Å². The van der Waals surface area contributed by atoms with Gasteiger partial charge in [0.05, 0.1) is 6.54 Å². The fraction of sp³-hybridized carbons (Fsp3) is 0.440. The molecule has 0 saturated carbocycles. The third kappa shape index (κ3) is 10.3. The van der Waals surface area contributed by atoms with Crippen LogP contribution in [0.1, 0.15) is 65.6 Å². The van der Waals surface area contributed by atoms with Crippen LogP contribution in [-0.4, -0.2) is 35.3 Å². The summed E-state index contributed by atoms with van der Waals surface area (Å²) >= 11 is 0. The highest BCUT2D eigenvalue weighted by Crippen LogP contribution is 2.29. The Morgan fingerprint density at radius 3 is 1.86 bits per heavy atom. The molecule has 0 aliphatic carbocycles. The van der Waals surface area contributed by atoms with Crippen LogP contribution >= 0.6 is 0 Å². The first kappa shape index (κ1) is 32.4. The monoisotopic (exact) mass is 507 g/mol. The normalized spacial score (nSPS) is 9.78. The van der Waals surface area contributed by atoms with Crippen molar-refractivity contribution in [2.45, 2.75) is 75.0 Å². The second kappa shape index (κ2) is 16.9. The standard InChI is InChI=1S/C10H7F3N2O.C9H11N5.3C2H6/c1-6-2-4-7(5-3-6)8-14-9(16-15-8)10(11,12)13;1-3-14-12-9(11-13-14)8-5-4-7(2)10-6-8;3*1-2/h2-5H,1H3;4-6H,3H2,1-2H3;3*1-2H3. The number of rotatable bonds is 3. The molecule has 0 fully saturated rings. The van der Waals surface area contributed by atoms with Crippen LogP contribution in [-0.2, 0) is 12.7 Å². The van der Waals surface area contributed by atoms with Crippen molar-refractivity contribution in [2.75, 3.05) is 0 Å². The van der Waals surface area contributed by atoms with E-state index in [9.17, 15) is 13.2 Å². The van der Waals surface area contributed by atoms with E-state index in [0.29, 0.717) is 11.4 Å². The largest absolute Gasteiger partial charge is 0.471 e. The molecule has 4 rings (SSSR count). The lowest BCUT2D eigenvalue weighted by molar-refractivity contribution is -0.159. The van der Waals surface area contributed by atoms with Gasteiger partial charge in [0.2, 0.25) is 11.6 Å². The highest BCUT2D eigenvalue weighted by Gasteiger charge is 2.38. The number of alkyl halides is 3. The van der Waals surface area contributed by atoms with Crippen LogP contribution < -0.4 is 0 Å². The summed E-state index contributed by atoms with van der Waals surface area (Å²) in [5.41, 5.74) is 3.38. The molecule has 0 radical (unpaired) electrons. The molecule has 4 aromatic rings. The number of tetrazole rings is 1. The molecule has 0 aliphatic rings. The number of aryl methyl sites for hydroxylation is 3. The Bertz CT molecular complexity index is 1090. The van der Waals surface area contributed by atoms with E-state index >= 15 is 0 Å². The number of aromatic nitrogens is 7. The zero-order valence-corrected chi connectivity index (χ0v) is 22.4. The summed E-state index contributed by atoms with van der Waals surface area (Å²) in [6, 6.07) is 10.7. The molecule has 36 heavy (non-hydrogen) atoms. The summed E-state index contributed by atoms with van der Waals surface area (Å²) in [5, 5.41) is 15.3. The molecule has 3 heterocycles. The molecule has 3 aromatic heterocycles. The van der Waals surface area contributed by atoms with E-state index in [1.165, 1.54) is 0 Å². The molecule has 0 saturated heterocycles. The van der Waals surface area contributed by atoms with E-state index in [4.69, 9.17) is 0 Å². The maximum absolute atomic E-state index is 12.2. The molecule has 0 amide bonds. The lowest BCUT2D eigenvalue weighted by atomic mass is 10.1. The van der Waals surface area contributed by atoms with Gasteiger partial charge in [0.15, 0.2) is 0 Å². The maximum atomic E-state index is 12.2. The van der Waals surface area contributed by atoms with Gasteiger partial charge in [0.1, 0.15) is 0 Å². The van der Waals surface area contributed by atoms with Gasteiger partial charge < -0.3 is 4.52 Å². The van der Waals surface area contributed by atoms with E-state index in [2.05, 4.69) is 35.1 Å². The van der Waals surface area contributed by atoms with E-state index < -0.39 is 12.1 Å². The summed E-state index contributed by atoms with van der Waals surface area (Å²) in [6.07, 6.45) is -2.84. The van der Waals surface area contributed by atoms with Gasteiger partial charge in [0.25, 0.3) is 0 Å². The number of hydrogen-bond acceptors (Lipinski definition) is 7. The van der Waals surface area contributed by atoms with Gasteiger partial charge in [-0.2, -0.15) is 23.0 Å². The predicted octanol–water partition coefficient (Wildman–Crippen LogP) is 7.21. The van der Waals surface area contributed by atoms with E-state index in [1.807, 2.05) is 74.4 Å². The molecule has 8 nitrogen and oxygen atoms in total. The van der Waals surface area contributed by atoms with Gasteiger partial charge >= 0.3 is 12.1 Å². The summed E-state index contributed by atoms with van der Waals surface area (Å²) in [6.45, 7) is 18.5. The zero-order valence-electron chi connectivity index (χ0n) is 22.4. The second-order valence-electron chi connectivity index (χ2n) is 6.28. The molecule has 0 bridgehead atoms. The van der Waals surface area contributed by atoms with Crippen LogP contribution in [0.3, 0.4) is 0 Å². The first-order chi connectivity index (χ1) is 17.3. The Morgan fingerprint density at radius 2 is 1.42 bits per heavy atom. The van der Waals surface area contributed by atoms with Crippen LogP contribution in [0.25, 0.3) is 22.8 Å². The number of halogens is 3. The summed E-state index contributed by atoms with van der Waals surface area (Å²) in [4.78, 5) is 9.00. The lowest BCUT2D eigenvalue weighted by Gasteiger charge is -1.96. The SMILES string of the molecule is CC.CC.CC.CCn1nnc(-c2ccc(C)nc2)n1.Cc1ccc(-c2noc(C(F)(F)F)n2)cc1. The van der Waals surface area contributed by atoms with Gasteiger partial charge in [0, 0.05) is 23.0 Å². The van der Waals surface area contributed by atoms with Crippen LogP contribution in [0.2, 0.25) is 0 Å². The Balaban J connectivity index is 0.000000567. The molecule has 1 aromatic carbocycles. The third-order valence-corrected chi connectivity index (χ3v) is 3.88. The average molecular weight is 508 g/mol. The van der Waals surface area contributed by atoms with Gasteiger partial charge in [-0.15, -0.1) is 10.2 Å². The van der Waals surface area contributed by atoms with Crippen LogP contribution in [0.4, 0.5) is 13.2 Å².